The number of amides is 1. The minimum absolute atomic E-state index is 0.0791. The van der Waals surface area contributed by atoms with E-state index in [0.29, 0.717) is 30.3 Å². The first-order chi connectivity index (χ1) is 18.4. The lowest BCUT2D eigenvalue weighted by atomic mass is 9.95. The molecule has 2 heterocycles. The molecule has 1 N–H and O–H groups in total. The molecule has 0 aliphatic carbocycles. The van der Waals surface area contributed by atoms with E-state index in [0.717, 1.165) is 24.8 Å². The van der Waals surface area contributed by atoms with Crippen LogP contribution in [0.4, 0.5) is 4.39 Å². The van der Waals surface area contributed by atoms with Crippen molar-refractivity contribution in [2.75, 3.05) is 13.2 Å². The molecule has 0 spiro atoms. The molecule has 1 unspecified atom stereocenters. The van der Waals surface area contributed by atoms with Gasteiger partial charge in [0.25, 0.3) is 11.7 Å². The number of ether oxygens (including phenoxy) is 2. The lowest BCUT2D eigenvalue weighted by Gasteiger charge is -2.26. The third-order valence-corrected chi connectivity index (χ3v) is 6.32. The summed E-state index contributed by atoms with van der Waals surface area (Å²) in [4.78, 5) is 32.1. The van der Waals surface area contributed by atoms with E-state index in [4.69, 9.17) is 9.47 Å². The number of ketones is 1. The molecule has 1 atom stereocenters. The van der Waals surface area contributed by atoms with E-state index in [1.54, 1.807) is 36.7 Å². The minimum Gasteiger partial charge on any atom is -0.507 e. The number of carbonyl (C=O) groups excluding carboxylic acids is 2. The largest absolute Gasteiger partial charge is 0.507 e. The number of unbranched alkanes of at least 4 members (excludes halogenated alkanes) is 2. The number of aromatic nitrogens is 1. The van der Waals surface area contributed by atoms with Gasteiger partial charge in [0.15, 0.2) is 11.5 Å². The van der Waals surface area contributed by atoms with Crippen molar-refractivity contribution in [3.8, 4) is 11.5 Å². The number of rotatable bonds is 11. The molecule has 0 radical (unpaired) electrons. The average molecular weight is 519 g/mol. The van der Waals surface area contributed by atoms with Gasteiger partial charge in [0.1, 0.15) is 11.6 Å². The van der Waals surface area contributed by atoms with Crippen molar-refractivity contribution in [3.63, 3.8) is 0 Å². The first-order valence-corrected chi connectivity index (χ1v) is 12.8. The summed E-state index contributed by atoms with van der Waals surface area (Å²) in [6, 6.07) is 13.0. The van der Waals surface area contributed by atoms with Crippen LogP contribution in [0.5, 0.6) is 11.5 Å². The Morgan fingerprint density at radius 3 is 2.50 bits per heavy atom. The summed E-state index contributed by atoms with van der Waals surface area (Å²) in [6.07, 6.45) is 6.28. The van der Waals surface area contributed by atoms with Crippen LogP contribution in [0.3, 0.4) is 0 Å². The normalized spacial score (nSPS) is 16.6. The predicted octanol–water partition coefficient (Wildman–Crippen LogP) is 5.81. The van der Waals surface area contributed by atoms with Crippen LogP contribution in [-0.4, -0.2) is 39.9 Å². The number of halogens is 1. The lowest BCUT2D eigenvalue weighted by molar-refractivity contribution is -0.140. The maximum atomic E-state index is 13.5. The number of Topliss-reactive ketones (excluding diaryl/α,β-unsaturated/α-hetero) is 1. The summed E-state index contributed by atoms with van der Waals surface area (Å²) < 4.78 is 25.3. The number of hydrogen-bond acceptors (Lipinski definition) is 6. The molecule has 8 heteroatoms. The molecule has 0 bridgehead atoms. The van der Waals surface area contributed by atoms with Gasteiger partial charge >= 0.3 is 0 Å². The topological polar surface area (TPSA) is 89.0 Å². The smallest absolute Gasteiger partial charge is 0.295 e. The molecule has 7 nitrogen and oxygen atoms in total. The van der Waals surface area contributed by atoms with Crippen LogP contribution in [-0.2, 0) is 16.1 Å². The number of pyridine rings is 1. The van der Waals surface area contributed by atoms with Crippen molar-refractivity contribution in [2.24, 2.45) is 0 Å². The van der Waals surface area contributed by atoms with Gasteiger partial charge < -0.3 is 19.5 Å². The van der Waals surface area contributed by atoms with E-state index in [1.807, 2.05) is 13.0 Å². The molecule has 1 amide bonds. The van der Waals surface area contributed by atoms with E-state index in [2.05, 4.69) is 11.9 Å². The second kappa shape index (κ2) is 12.4. The van der Waals surface area contributed by atoms with Gasteiger partial charge in [-0.05, 0) is 66.9 Å². The van der Waals surface area contributed by atoms with Crippen LogP contribution >= 0.6 is 0 Å². The molecule has 4 rings (SSSR count). The molecule has 1 aromatic heterocycles. The Kier molecular flexibility index (Phi) is 8.73. The average Bonchev–Trinajstić information content (AvgIpc) is 3.17. The van der Waals surface area contributed by atoms with Crippen LogP contribution in [0, 0.1) is 5.82 Å². The summed E-state index contributed by atoms with van der Waals surface area (Å²) in [5, 5.41) is 11.2. The number of aliphatic hydroxyl groups is 1. The van der Waals surface area contributed by atoms with Gasteiger partial charge in [0.05, 0.1) is 24.8 Å². The van der Waals surface area contributed by atoms with Crippen molar-refractivity contribution < 1.29 is 28.6 Å². The van der Waals surface area contributed by atoms with Crippen LogP contribution in [0.15, 0.2) is 72.6 Å². The van der Waals surface area contributed by atoms with Gasteiger partial charge in [-0.25, -0.2) is 4.39 Å². The van der Waals surface area contributed by atoms with Crippen LogP contribution in [0.1, 0.15) is 55.8 Å². The summed E-state index contributed by atoms with van der Waals surface area (Å²) in [6.45, 7) is 5.00. The van der Waals surface area contributed by atoms with Crippen LogP contribution in [0.25, 0.3) is 5.76 Å². The molecule has 1 aliphatic rings. The molecule has 38 heavy (non-hydrogen) atoms. The monoisotopic (exact) mass is 518 g/mol. The number of nitrogens with zero attached hydrogens (tertiary/aromatic N) is 2. The molecule has 198 valence electrons. The Morgan fingerprint density at radius 1 is 1.03 bits per heavy atom. The quantitative estimate of drug-likeness (QED) is 0.149. The third kappa shape index (κ3) is 5.85. The van der Waals surface area contributed by atoms with E-state index in [-0.39, 0.29) is 23.4 Å². The molecule has 2 aromatic carbocycles. The molecule has 1 aliphatic heterocycles. The maximum absolute atomic E-state index is 13.5. The Hall–Kier alpha value is -4.20. The Morgan fingerprint density at radius 2 is 1.82 bits per heavy atom. The number of aliphatic hydroxyl groups excluding tert-OH is 1. The molecule has 1 fully saturated rings. The van der Waals surface area contributed by atoms with E-state index >= 15 is 0 Å². The van der Waals surface area contributed by atoms with Gasteiger partial charge in [0.2, 0.25) is 0 Å². The highest BCUT2D eigenvalue weighted by Crippen LogP contribution is 2.42. The zero-order valence-corrected chi connectivity index (χ0v) is 21.5. The summed E-state index contributed by atoms with van der Waals surface area (Å²) in [7, 11) is 0. The third-order valence-electron chi connectivity index (χ3n) is 6.32. The van der Waals surface area contributed by atoms with Crippen molar-refractivity contribution >= 4 is 17.4 Å². The highest BCUT2D eigenvalue weighted by molar-refractivity contribution is 6.46. The second-order valence-corrected chi connectivity index (χ2v) is 8.99. The predicted molar refractivity (Wildman–Crippen MR) is 141 cm³/mol. The standard InChI is InChI=1S/C30H31FN2O5/c1-3-5-6-16-38-24-14-11-22(17-25(24)37-4-2)27-26(28(34)21-9-12-23(31)13-10-21)29(35)30(36)33(27)19-20-8-7-15-32-18-20/h7-15,17-18,27,34H,3-6,16,19H2,1-2H3/b28-26+. The Bertz CT molecular complexity index is 1310. The number of benzene rings is 2. The maximum Gasteiger partial charge on any atom is 0.295 e. The Balaban J connectivity index is 1.80. The highest BCUT2D eigenvalue weighted by Gasteiger charge is 2.46. The number of likely N-dealkylation sites (tertiary alicyclic amines) is 1. The summed E-state index contributed by atoms with van der Waals surface area (Å²) in [5.74, 6) is -1.38. The molecule has 3 aromatic rings. The lowest BCUT2D eigenvalue weighted by Crippen LogP contribution is -2.29. The number of hydrogen-bond donors (Lipinski definition) is 1. The van der Waals surface area contributed by atoms with E-state index in [1.165, 1.54) is 29.2 Å². The molecular formula is C30H31FN2O5. The first kappa shape index (κ1) is 26.9. The van der Waals surface area contributed by atoms with Crippen LogP contribution in [0.2, 0.25) is 0 Å². The zero-order valence-electron chi connectivity index (χ0n) is 21.5. The summed E-state index contributed by atoms with van der Waals surface area (Å²) in [5.41, 5.74) is 1.45. The van der Waals surface area contributed by atoms with Crippen molar-refractivity contribution in [1.82, 2.24) is 9.88 Å². The fourth-order valence-electron chi connectivity index (χ4n) is 4.46. The first-order valence-electron chi connectivity index (χ1n) is 12.8. The fourth-order valence-corrected chi connectivity index (χ4v) is 4.46. The van der Waals surface area contributed by atoms with Crippen molar-refractivity contribution in [3.05, 3.63) is 95.1 Å². The molecule has 1 saturated heterocycles. The zero-order chi connectivity index (χ0) is 27.1. The molecule has 0 saturated carbocycles. The van der Waals surface area contributed by atoms with Gasteiger partial charge in [-0.2, -0.15) is 0 Å². The van der Waals surface area contributed by atoms with Gasteiger partial charge in [-0.15, -0.1) is 0 Å². The van der Waals surface area contributed by atoms with Crippen molar-refractivity contribution in [1.29, 1.82) is 0 Å². The molecular weight excluding hydrogens is 487 g/mol. The second-order valence-electron chi connectivity index (χ2n) is 8.99. The fraction of sp³-hybridized carbons (Fsp3) is 0.300. The van der Waals surface area contributed by atoms with E-state index < -0.39 is 23.5 Å². The highest BCUT2D eigenvalue weighted by atomic mass is 19.1. The van der Waals surface area contributed by atoms with E-state index in [9.17, 15) is 19.1 Å². The van der Waals surface area contributed by atoms with Gasteiger partial charge in [-0.1, -0.05) is 31.9 Å². The SMILES string of the molecule is CCCCCOc1ccc(C2/C(=C(\O)c3ccc(F)cc3)C(=O)C(=O)N2Cc2cccnc2)cc1OCC. The number of carbonyl (C=O) groups is 2. The van der Waals surface area contributed by atoms with Gasteiger partial charge in [-0.3, -0.25) is 14.6 Å². The summed E-state index contributed by atoms with van der Waals surface area (Å²) >= 11 is 0. The van der Waals surface area contributed by atoms with Crippen LogP contribution < -0.4 is 9.47 Å². The van der Waals surface area contributed by atoms with Gasteiger partial charge in [0, 0.05) is 24.5 Å². The Labute approximate surface area is 221 Å². The van der Waals surface area contributed by atoms with Crippen molar-refractivity contribution in [2.45, 2.75) is 45.7 Å². The minimum atomic E-state index is -0.909.